The summed E-state index contributed by atoms with van der Waals surface area (Å²) in [4.78, 5) is 24.4. The van der Waals surface area contributed by atoms with Gasteiger partial charge in [0.05, 0.1) is 13.1 Å². The SMILES string of the molecule is Cc1cc(N2CC(=O)NC(=O)C2)cc(C)c1Br. The Morgan fingerprint density at radius 1 is 1.12 bits per heavy atom. The third kappa shape index (κ3) is 2.49. The van der Waals surface area contributed by atoms with E-state index in [1.54, 1.807) is 4.90 Å². The van der Waals surface area contributed by atoms with Crippen LogP contribution in [0.3, 0.4) is 0 Å². The number of hydrogen-bond acceptors (Lipinski definition) is 3. The Labute approximate surface area is 108 Å². The first kappa shape index (κ1) is 12.1. The number of nitrogens with zero attached hydrogens (tertiary/aromatic N) is 1. The molecule has 1 N–H and O–H groups in total. The van der Waals surface area contributed by atoms with Crippen LogP contribution in [0.1, 0.15) is 11.1 Å². The highest BCUT2D eigenvalue weighted by atomic mass is 79.9. The van der Waals surface area contributed by atoms with Crippen molar-refractivity contribution in [2.45, 2.75) is 13.8 Å². The summed E-state index contributed by atoms with van der Waals surface area (Å²) in [6.45, 7) is 4.44. The number of imide groups is 1. The third-order valence-electron chi connectivity index (χ3n) is 2.73. The molecule has 0 bridgehead atoms. The van der Waals surface area contributed by atoms with E-state index in [4.69, 9.17) is 0 Å². The number of piperazine rings is 1. The summed E-state index contributed by atoms with van der Waals surface area (Å²) in [5.74, 6) is -0.501. The van der Waals surface area contributed by atoms with E-state index in [1.165, 1.54) is 0 Å². The zero-order valence-electron chi connectivity index (χ0n) is 9.71. The fourth-order valence-corrected chi connectivity index (χ4v) is 2.15. The van der Waals surface area contributed by atoms with E-state index in [2.05, 4.69) is 21.2 Å². The Bertz CT molecular complexity index is 460. The molecule has 1 fully saturated rings. The fourth-order valence-electron chi connectivity index (χ4n) is 1.93. The van der Waals surface area contributed by atoms with Gasteiger partial charge < -0.3 is 4.90 Å². The molecule has 0 atom stereocenters. The molecule has 5 heteroatoms. The van der Waals surface area contributed by atoms with Crippen molar-refractivity contribution in [1.29, 1.82) is 0 Å². The van der Waals surface area contributed by atoms with Crippen molar-refractivity contribution in [3.8, 4) is 0 Å². The topological polar surface area (TPSA) is 49.4 Å². The van der Waals surface area contributed by atoms with E-state index in [1.807, 2.05) is 26.0 Å². The standard InChI is InChI=1S/C12H13BrN2O2/c1-7-3-9(4-8(2)12(7)13)15-5-10(16)14-11(17)6-15/h3-4H,5-6H2,1-2H3,(H,14,16,17). The first-order chi connectivity index (χ1) is 7.97. The Morgan fingerprint density at radius 3 is 2.06 bits per heavy atom. The molecule has 1 saturated heterocycles. The van der Waals surface area contributed by atoms with Crippen LogP contribution in [0.2, 0.25) is 0 Å². The van der Waals surface area contributed by atoms with Crippen LogP contribution in [0.25, 0.3) is 0 Å². The van der Waals surface area contributed by atoms with Crippen LogP contribution in [0.4, 0.5) is 5.69 Å². The molecule has 0 aromatic heterocycles. The summed E-state index contributed by atoms with van der Waals surface area (Å²) in [6.07, 6.45) is 0. The lowest BCUT2D eigenvalue weighted by Crippen LogP contribution is -2.51. The van der Waals surface area contributed by atoms with Crippen LogP contribution < -0.4 is 10.2 Å². The largest absolute Gasteiger partial charge is 0.353 e. The van der Waals surface area contributed by atoms with Crippen molar-refractivity contribution in [1.82, 2.24) is 5.32 Å². The molecule has 0 spiro atoms. The minimum absolute atomic E-state index is 0.228. The number of anilines is 1. The Morgan fingerprint density at radius 2 is 1.59 bits per heavy atom. The van der Waals surface area contributed by atoms with E-state index < -0.39 is 0 Å². The quantitative estimate of drug-likeness (QED) is 0.800. The maximum Gasteiger partial charge on any atom is 0.246 e. The molecular formula is C12H13BrN2O2. The molecule has 2 rings (SSSR count). The zero-order valence-corrected chi connectivity index (χ0v) is 11.3. The number of halogens is 1. The van der Waals surface area contributed by atoms with Crippen molar-refractivity contribution < 1.29 is 9.59 Å². The zero-order chi connectivity index (χ0) is 12.6. The van der Waals surface area contributed by atoms with Gasteiger partial charge in [-0.2, -0.15) is 0 Å². The molecule has 0 saturated carbocycles. The predicted molar refractivity (Wildman–Crippen MR) is 69.0 cm³/mol. The lowest BCUT2D eigenvalue weighted by atomic mass is 10.1. The summed E-state index contributed by atoms with van der Waals surface area (Å²) < 4.78 is 1.06. The van der Waals surface area contributed by atoms with Gasteiger partial charge in [-0.1, -0.05) is 15.9 Å². The van der Waals surface area contributed by atoms with Crippen LogP contribution in [-0.2, 0) is 9.59 Å². The highest BCUT2D eigenvalue weighted by Crippen LogP contribution is 2.27. The fraction of sp³-hybridized carbons (Fsp3) is 0.333. The number of rotatable bonds is 1. The van der Waals surface area contributed by atoms with Gasteiger partial charge in [0.25, 0.3) is 0 Å². The van der Waals surface area contributed by atoms with Crippen molar-refractivity contribution in [3.05, 3.63) is 27.7 Å². The number of nitrogens with one attached hydrogen (secondary N) is 1. The molecule has 0 radical (unpaired) electrons. The minimum Gasteiger partial charge on any atom is -0.353 e. The highest BCUT2D eigenvalue weighted by molar-refractivity contribution is 9.10. The molecule has 90 valence electrons. The van der Waals surface area contributed by atoms with Crippen LogP contribution in [0.5, 0.6) is 0 Å². The monoisotopic (exact) mass is 296 g/mol. The van der Waals surface area contributed by atoms with Crippen molar-refractivity contribution in [2.75, 3.05) is 18.0 Å². The van der Waals surface area contributed by atoms with E-state index in [0.29, 0.717) is 0 Å². The van der Waals surface area contributed by atoms with E-state index in [-0.39, 0.29) is 24.9 Å². The molecule has 4 nitrogen and oxygen atoms in total. The van der Waals surface area contributed by atoms with E-state index in [0.717, 1.165) is 21.3 Å². The Kier molecular flexibility index (Phi) is 3.19. The molecule has 1 aliphatic rings. The van der Waals surface area contributed by atoms with E-state index >= 15 is 0 Å². The Hall–Kier alpha value is -1.36. The summed E-state index contributed by atoms with van der Waals surface area (Å²) in [5.41, 5.74) is 3.10. The smallest absolute Gasteiger partial charge is 0.246 e. The van der Waals surface area contributed by atoms with Gasteiger partial charge >= 0.3 is 0 Å². The number of amides is 2. The lowest BCUT2D eigenvalue weighted by molar-refractivity contribution is -0.130. The third-order valence-corrected chi connectivity index (χ3v) is 3.98. The van der Waals surface area contributed by atoms with Crippen molar-refractivity contribution in [3.63, 3.8) is 0 Å². The molecule has 0 unspecified atom stereocenters. The second kappa shape index (κ2) is 4.49. The molecule has 0 aliphatic carbocycles. The second-order valence-electron chi connectivity index (χ2n) is 4.22. The van der Waals surface area contributed by atoms with Crippen molar-refractivity contribution >= 4 is 33.4 Å². The summed E-state index contributed by atoms with van der Waals surface area (Å²) in [5, 5.41) is 2.29. The normalized spacial score (nSPS) is 16.1. The van der Waals surface area contributed by atoms with Gasteiger partial charge in [-0.25, -0.2) is 0 Å². The van der Waals surface area contributed by atoms with Gasteiger partial charge in [-0.05, 0) is 37.1 Å². The summed E-state index contributed by atoms with van der Waals surface area (Å²) in [7, 11) is 0. The molecule has 1 heterocycles. The van der Waals surface area contributed by atoms with Crippen LogP contribution >= 0.6 is 15.9 Å². The average Bonchev–Trinajstić information content (AvgIpc) is 2.23. The number of aryl methyl sites for hydroxylation is 2. The molecule has 1 aromatic rings. The molecular weight excluding hydrogens is 284 g/mol. The molecule has 2 amide bonds. The van der Waals surface area contributed by atoms with Crippen LogP contribution in [0.15, 0.2) is 16.6 Å². The highest BCUT2D eigenvalue weighted by Gasteiger charge is 2.23. The summed E-state index contributed by atoms with van der Waals surface area (Å²) in [6, 6.07) is 3.95. The molecule has 1 aromatic carbocycles. The molecule has 1 aliphatic heterocycles. The van der Waals surface area contributed by atoms with Gasteiger partial charge in [0, 0.05) is 10.2 Å². The van der Waals surface area contributed by atoms with Crippen molar-refractivity contribution in [2.24, 2.45) is 0 Å². The van der Waals surface area contributed by atoms with Crippen LogP contribution in [0, 0.1) is 13.8 Å². The number of carbonyl (C=O) groups excluding carboxylic acids is 2. The van der Waals surface area contributed by atoms with Crippen LogP contribution in [-0.4, -0.2) is 24.9 Å². The van der Waals surface area contributed by atoms with Gasteiger partial charge in [0.1, 0.15) is 0 Å². The van der Waals surface area contributed by atoms with Gasteiger partial charge in [0.2, 0.25) is 11.8 Å². The van der Waals surface area contributed by atoms with Gasteiger partial charge in [-0.3, -0.25) is 14.9 Å². The summed E-state index contributed by atoms with van der Waals surface area (Å²) >= 11 is 3.50. The number of benzene rings is 1. The maximum atomic E-state index is 11.3. The Balaban J connectivity index is 2.34. The average molecular weight is 297 g/mol. The first-order valence-electron chi connectivity index (χ1n) is 5.32. The second-order valence-corrected chi connectivity index (χ2v) is 5.01. The number of carbonyl (C=O) groups is 2. The minimum atomic E-state index is -0.250. The first-order valence-corrected chi connectivity index (χ1v) is 6.11. The maximum absolute atomic E-state index is 11.3. The van der Waals surface area contributed by atoms with E-state index in [9.17, 15) is 9.59 Å². The van der Waals surface area contributed by atoms with Gasteiger partial charge in [0.15, 0.2) is 0 Å². The lowest BCUT2D eigenvalue weighted by Gasteiger charge is -2.28. The number of hydrogen-bond donors (Lipinski definition) is 1. The van der Waals surface area contributed by atoms with Gasteiger partial charge in [-0.15, -0.1) is 0 Å². The molecule has 17 heavy (non-hydrogen) atoms. The predicted octanol–water partition coefficient (Wildman–Crippen LogP) is 1.53.